The fourth-order valence-electron chi connectivity index (χ4n) is 3.91. The van der Waals surface area contributed by atoms with Crippen LogP contribution in [0.3, 0.4) is 0 Å². The Bertz CT molecular complexity index is 1140. The molecule has 3 aromatic carbocycles. The molecule has 1 unspecified atom stereocenters. The number of hydrogen-bond donors (Lipinski definition) is 1. The van der Waals surface area contributed by atoms with Crippen LogP contribution in [0.2, 0.25) is 0 Å². The van der Waals surface area contributed by atoms with Crippen LogP contribution in [0, 0.1) is 0 Å². The summed E-state index contributed by atoms with van der Waals surface area (Å²) in [5, 5.41) is 9.69. The van der Waals surface area contributed by atoms with E-state index < -0.39 is 0 Å². The van der Waals surface area contributed by atoms with Crippen LogP contribution in [-0.2, 0) is 29.2 Å². The SMILES string of the molecule is COc1ccc(CO)c(COc2cc3c(cc2CCCOC(=O)C(C)c2ccccc2)OCO3)c1. The molecule has 35 heavy (non-hydrogen) atoms. The van der Waals surface area contributed by atoms with Crippen molar-refractivity contribution in [3.05, 3.63) is 82.9 Å². The topological polar surface area (TPSA) is 83.5 Å². The summed E-state index contributed by atoms with van der Waals surface area (Å²) in [6.45, 7) is 2.47. The first-order chi connectivity index (χ1) is 17.1. The normalized spacial score (nSPS) is 12.8. The Morgan fingerprint density at radius 2 is 1.77 bits per heavy atom. The maximum absolute atomic E-state index is 12.4. The first-order valence-electron chi connectivity index (χ1n) is 11.6. The van der Waals surface area contributed by atoms with E-state index in [4.69, 9.17) is 23.7 Å². The number of fused-ring (bicyclic) bond motifs is 1. The van der Waals surface area contributed by atoms with Gasteiger partial charge in [-0.05, 0) is 60.2 Å². The molecule has 0 aromatic heterocycles. The number of ether oxygens (including phenoxy) is 5. The number of rotatable bonds is 11. The quantitative estimate of drug-likeness (QED) is 0.314. The summed E-state index contributed by atoms with van der Waals surface area (Å²) in [5.41, 5.74) is 3.46. The van der Waals surface area contributed by atoms with Gasteiger partial charge in [0.1, 0.15) is 18.1 Å². The zero-order chi connectivity index (χ0) is 24.6. The van der Waals surface area contributed by atoms with Gasteiger partial charge in [-0.25, -0.2) is 0 Å². The molecule has 1 atom stereocenters. The number of aliphatic hydroxyl groups is 1. The minimum Gasteiger partial charge on any atom is -0.497 e. The smallest absolute Gasteiger partial charge is 0.313 e. The molecule has 0 saturated heterocycles. The van der Waals surface area contributed by atoms with Crippen molar-refractivity contribution in [3.63, 3.8) is 0 Å². The average Bonchev–Trinajstić information content (AvgIpc) is 3.36. The summed E-state index contributed by atoms with van der Waals surface area (Å²) >= 11 is 0. The van der Waals surface area contributed by atoms with Gasteiger partial charge in [-0.15, -0.1) is 0 Å². The summed E-state index contributed by atoms with van der Waals surface area (Å²) in [6.07, 6.45) is 1.26. The Hall–Kier alpha value is -3.71. The number of aryl methyl sites for hydroxylation is 1. The van der Waals surface area contributed by atoms with Gasteiger partial charge in [0, 0.05) is 6.07 Å². The van der Waals surface area contributed by atoms with E-state index in [0.717, 1.165) is 22.3 Å². The summed E-state index contributed by atoms with van der Waals surface area (Å²) in [4.78, 5) is 12.4. The van der Waals surface area contributed by atoms with Crippen molar-refractivity contribution < 1.29 is 33.6 Å². The Morgan fingerprint density at radius 1 is 1.00 bits per heavy atom. The second-order valence-electron chi connectivity index (χ2n) is 8.30. The van der Waals surface area contributed by atoms with E-state index in [9.17, 15) is 9.90 Å². The average molecular weight is 479 g/mol. The van der Waals surface area contributed by atoms with Gasteiger partial charge in [0.15, 0.2) is 11.5 Å². The van der Waals surface area contributed by atoms with Crippen molar-refractivity contribution in [1.82, 2.24) is 0 Å². The van der Waals surface area contributed by atoms with Crippen molar-refractivity contribution in [1.29, 1.82) is 0 Å². The molecule has 0 saturated carbocycles. The lowest BCUT2D eigenvalue weighted by atomic mass is 10.0. The monoisotopic (exact) mass is 478 g/mol. The molecule has 0 bridgehead atoms. The predicted molar refractivity (Wildman–Crippen MR) is 130 cm³/mol. The highest BCUT2D eigenvalue weighted by Gasteiger charge is 2.20. The number of aliphatic hydroxyl groups excluding tert-OH is 1. The Kier molecular flexibility index (Phi) is 8.11. The number of hydrogen-bond acceptors (Lipinski definition) is 7. The summed E-state index contributed by atoms with van der Waals surface area (Å²) < 4.78 is 28.0. The lowest BCUT2D eigenvalue weighted by Gasteiger charge is -2.15. The van der Waals surface area contributed by atoms with E-state index in [1.54, 1.807) is 13.2 Å². The number of benzene rings is 3. The molecule has 0 aliphatic carbocycles. The molecule has 7 nitrogen and oxygen atoms in total. The highest BCUT2D eigenvalue weighted by molar-refractivity contribution is 5.77. The molecule has 0 amide bonds. The second-order valence-corrected chi connectivity index (χ2v) is 8.30. The van der Waals surface area contributed by atoms with Crippen molar-refractivity contribution >= 4 is 5.97 Å². The van der Waals surface area contributed by atoms with Crippen molar-refractivity contribution in [2.45, 2.75) is 38.9 Å². The van der Waals surface area contributed by atoms with Gasteiger partial charge in [-0.1, -0.05) is 36.4 Å². The molecule has 0 spiro atoms. The number of carbonyl (C=O) groups is 1. The lowest BCUT2D eigenvalue weighted by Crippen LogP contribution is -2.14. The first kappa shape index (κ1) is 24.4. The highest BCUT2D eigenvalue weighted by atomic mass is 16.7. The van der Waals surface area contributed by atoms with Gasteiger partial charge in [0.05, 0.1) is 26.2 Å². The third kappa shape index (κ3) is 6.05. The molecule has 1 aliphatic rings. The second kappa shape index (κ2) is 11.6. The van der Waals surface area contributed by atoms with Gasteiger partial charge in [0.25, 0.3) is 0 Å². The molecule has 1 heterocycles. The van der Waals surface area contributed by atoms with Crippen LogP contribution in [-0.4, -0.2) is 31.6 Å². The molecule has 3 aromatic rings. The van der Waals surface area contributed by atoms with Crippen LogP contribution in [0.4, 0.5) is 0 Å². The van der Waals surface area contributed by atoms with E-state index in [2.05, 4.69) is 0 Å². The van der Waals surface area contributed by atoms with Crippen molar-refractivity contribution in [3.8, 4) is 23.0 Å². The Morgan fingerprint density at radius 3 is 2.51 bits per heavy atom. The van der Waals surface area contributed by atoms with Gasteiger partial charge in [-0.3, -0.25) is 4.79 Å². The molecule has 184 valence electrons. The van der Waals surface area contributed by atoms with E-state index in [-0.39, 0.29) is 31.9 Å². The zero-order valence-corrected chi connectivity index (χ0v) is 20.0. The predicted octanol–water partition coefficient (Wildman–Crippen LogP) is 4.77. The van der Waals surface area contributed by atoms with Crippen LogP contribution in [0.5, 0.6) is 23.0 Å². The molecular formula is C28H30O7. The number of methoxy groups -OCH3 is 1. The Labute approximate surface area is 205 Å². The number of esters is 1. The molecule has 0 radical (unpaired) electrons. The molecule has 1 aliphatic heterocycles. The van der Waals surface area contributed by atoms with Crippen LogP contribution < -0.4 is 18.9 Å². The van der Waals surface area contributed by atoms with E-state index in [1.165, 1.54) is 0 Å². The molecule has 1 N–H and O–H groups in total. The highest BCUT2D eigenvalue weighted by Crippen LogP contribution is 2.39. The van der Waals surface area contributed by atoms with Crippen LogP contribution in [0.25, 0.3) is 0 Å². The van der Waals surface area contributed by atoms with Gasteiger partial charge in [0.2, 0.25) is 6.79 Å². The standard InChI is InChI=1S/C28H30O7/c1-19(20-7-4-3-5-8-20)28(30)32-12-6-9-21-14-26-27(35-18-34-26)15-25(21)33-17-23-13-24(31-2)11-10-22(23)16-29/h3-5,7-8,10-11,13-15,19,29H,6,9,12,16-18H2,1-2H3. The zero-order valence-electron chi connectivity index (χ0n) is 20.0. The lowest BCUT2D eigenvalue weighted by molar-refractivity contribution is -0.145. The molecular weight excluding hydrogens is 448 g/mol. The minimum absolute atomic E-state index is 0.0938. The van der Waals surface area contributed by atoms with Crippen molar-refractivity contribution in [2.75, 3.05) is 20.5 Å². The number of carbonyl (C=O) groups excluding carboxylic acids is 1. The fraction of sp³-hybridized carbons (Fsp3) is 0.321. The molecule has 7 heteroatoms. The van der Waals surface area contributed by atoms with Crippen LogP contribution in [0.15, 0.2) is 60.7 Å². The maximum atomic E-state index is 12.4. The van der Waals surface area contributed by atoms with E-state index >= 15 is 0 Å². The third-order valence-electron chi connectivity index (χ3n) is 6.01. The van der Waals surface area contributed by atoms with Gasteiger partial charge >= 0.3 is 5.97 Å². The van der Waals surface area contributed by atoms with Crippen LogP contribution >= 0.6 is 0 Å². The summed E-state index contributed by atoms with van der Waals surface area (Å²) in [7, 11) is 1.60. The third-order valence-corrected chi connectivity index (χ3v) is 6.01. The largest absolute Gasteiger partial charge is 0.497 e. The van der Waals surface area contributed by atoms with Crippen molar-refractivity contribution in [2.24, 2.45) is 0 Å². The summed E-state index contributed by atoms with van der Waals surface area (Å²) in [5.74, 6) is 2.08. The first-order valence-corrected chi connectivity index (χ1v) is 11.6. The minimum atomic E-state index is -0.316. The van der Waals surface area contributed by atoms with Gasteiger partial charge < -0.3 is 28.8 Å². The van der Waals surface area contributed by atoms with E-state index in [1.807, 2.05) is 61.5 Å². The maximum Gasteiger partial charge on any atom is 0.313 e. The van der Waals surface area contributed by atoms with Gasteiger partial charge in [-0.2, -0.15) is 0 Å². The van der Waals surface area contributed by atoms with E-state index in [0.29, 0.717) is 42.4 Å². The summed E-state index contributed by atoms with van der Waals surface area (Å²) in [6, 6.07) is 18.8. The van der Waals surface area contributed by atoms with Crippen LogP contribution in [0.1, 0.15) is 41.5 Å². The Balaban J connectivity index is 1.39. The molecule has 0 fully saturated rings. The fourth-order valence-corrected chi connectivity index (χ4v) is 3.91. The molecule has 4 rings (SSSR count).